The first-order valence-corrected chi connectivity index (χ1v) is 6.41. The van der Waals surface area contributed by atoms with Gasteiger partial charge in [0.15, 0.2) is 0 Å². The molecule has 0 spiro atoms. The first-order chi connectivity index (χ1) is 8.79. The maximum Gasteiger partial charge on any atom is 0.329 e. The van der Waals surface area contributed by atoms with E-state index in [1.807, 2.05) is 6.92 Å². The minimum atomic E-state index is -1.11. The molecule has 1 unspecified atom stereocenters. The van der Waals surface area contributed by atoms with Crippen LogP contribution in [0.3, 0.4) is 0 Å². The Morgan fingerprint density at radius 1 is 1.26 bits per heavy atom. The van der Waals surface area contributed by atoms with Crippen LogP contribution in [0.15, 0.2) is 4.42 Å². The Morgan fingerprint density at radius 2 is 1.89 bits per heavy atom. The lowest BCUT2D eigenvalue weighted by Gasteiger charge is -2.31. The first-order valence-electron chi connectivity index (χ1n) is 6.41. The van der Waals surface area contributed by atoms with E-state index in [1.54, 1.807) is 20.8 Å². The van der Waals surface area contributed by atoms with Gasteiger partial charge in [-0.1, -0.05) is 0 Å². The molecule has 1 aliphatic heterocycles. The molecule has 0 aromatic carbocycles. The number of amides is 1. The number of carbonyl (C=O) groups excluding carboxylic acids is 1. The second kappa shape index (κ2) is 4.40. The Kier molecular flexibility index (Phi) is 3.16. The summed E-state index contributed by atoms with van der Waals surface area (Å²) in [6.45, 7) is 7.46. The molecule has 1 atom stereocenters. The molecule has 1 fully saturated rings. The van der Waals surface area contributed by atoms with Gasteiger partial charge in [-0.05, 0) is 40.5 Å². The summed E-state index contributed by atoms with van der Waals surface area (Å²) in [4.78, 5) is 25.5. The number of furan rings is 1. The predicted molar refractivity (Wildman–Crippen MR) is 69.2 cm³/mol. The van der Waals surface area contributed by atoms with E-state index in [0.717, 1.165) is 5.56 Å². The minimum Gasteiger partial charge on any atom is -0.480 e. The molecule has 19 heavy (non-hydrogen) atoms. The second-order valence-electron chi connectivity index (χ2n) is 5.35. The predicted octanol–water partition coefficient (Wildman–Crippen LogP) is 2.28. The monoisotopic (exact) mass is 265 g/mol. The van der Waals surface area contributed by atoms with Gasteiger partial charge in [-0.15, -0.1) is 0 Å². The third kappa shape index (κ3) is 1.93. The molecule has 1 N–H and O–H groups in total. The third-order valence-corrected chi connectivity index (χ3v) is 4.12. The van der Waals surface area contributed by atoms with Gasteiger partial charge in [-0.3, -0.25) is 4.79 Å². The summed E-state index contributed by atoms with van der Waals surface area (Å²) < 4.78 is 5.46. The van der Waals surface area contributed by atoms with Crippen molar-refractivity contribution < 1.29 is 19.1 Å². The van der Waals surface area contributed by atoms with E-state index in [0.29, 0.717) is 36.5 Å². The third-order valence-electron chi connectivity index (χ3n) is 4.12. The number of aryl methyl sites for hydroxylation is 2. The topological polar surface area (TPSA) is 70.8 Å². The Bertz CT molecular complexity index is 546. The summed E-state index contributed by atoms with van der Waals surface area (Å²) in [5.74, 6) is 0.0693. The highest BCUT2D eigenvalue weighted by molar-refractivity contribution is 6.00. The lowest BCUT2D eigenvalue weighted by molar-refractivity contribution is -0.147. The van der Waals surface area contributed by atoms with E-state index >= 15 is 0 Å². The highest BCUT2D eigenvalue weighted by Gasteiger charge is 2.46. The lowest BCUT2D eigenvalue weighted by atomic mass is 9.98. The first kappa shape index (κ1) is 13.6. The number of nitrogens with zero attached hydrogens (tertiary/aromatic N) is 1. The fraction of sp³-hybridized carbons (Fsp3) is 0.571. The molecule has 5 nitrogen and oxygen atoms in total. The van der Waals surface area contributed by atoms with Crippen molar-refractivity contribution in [2.24, 2.45) is 0 Å². The van der Waals surface area contributed by atoms with Crippen LogP contribution >= 0.6 is 0 Å². The molecule has 5 heteroatoms. The number of hydrogen-bond acceptors (Lipinski definition) is 3. The molecule has 2 rings (SSSR count). The highest BCUT2D eigenvalue weighted by atomic mass is 16.4. The van der Waals surface area contributed by atoms with Crippen LogP contribution in [0.1, 0.15) is 47.2 Å². The molecular weight excluding hydrogens is 246 g/mol. The van der Waals surface area contributed by atoms with Crippen LogP contribution < -0.4 is 0 Å². The number of carboxylic acids is 1. The van der Waals surface area contributed by atoms with Gasteiger partial charge < -0.3 is 14.4 Å². The number of carbonyl (C=O) groups is 2. The molecule has 2 heterocycles. The zero-order valence-corrected chi connectivity index (χ0v) is 11.7. The van der Waals surface area contributed by atoms with Crippen molar-refractivity contribution in [3.8, 4) is 0 Å². The van der Waals surface area contributed by atoms with Gasteiger partial charge in [-0.2, -0.15) is 0 Å². The lowest BCUT2D eigenvalue weighted by Crippen LogP contribution is -2.51. The quantitative estimate of drug-likeness (QED) is 0.890. The van der Waals surface area contributed by atoms with Gasteiger partial charge >= 0.3 is 5.97 Å². The Morgan fingerprint density at radius 3 is 2.37 bits per heavy atom. The molecule has 0 aliphatic carbocycles. The zero-order valence-electron chi connectivity index (χ0n) is 11.7. The molecule has 0 bridgehead atoms. The Hall–Kier alpha value is -1.78. The van der Waals surface area contributed by atoms with E-state index in [9.17, 15) is 14.7 Å². The molecule has 1 amide bonds. The summed E-state index contributed by atoms with van der Waals surface area (Å²) in [6.07, 6.45) is 1.20. The Labute approximate surface area is 112 Å². The number of rotatable bonds is 2. The number of hydrogen-bond donors (Lipinski definition) is 1. The van der Waals surface area contributed by atoms with E-state index in [1.165, 1.54) is 4.90 Å². The molecule has 104 valence electrons. The summed E-state index contributed by atoms with van der Waals surface area (Å²) in [5, 5.41) is 9.37. The van der Waals surface area contributed by atoms with Crippen LogP contribution in [-0.4, -0.2) is 34.0 Å². The molecule has 1 saturated heterocycles. The number of aliphatic carboxylic acids is 1. The summed E-state index contributed by atoms with van der Waals surface area (Å²) in [6, 6.07) is 0. The highest BCUT2D eigenvalue weighted by Crippen LogP contribution is 2.33. The van der Waals surface area contributed by atoms with Crippen LogP contribution in [0.4, 0.5) is 0 Å². The van der Waals surface area contributed by atoms with E-state index in [2.05, 4.69) is 0 Å². The normalized spacial score (nSPS) is 22.8. The maximum absolute atomic E-state index is 12.6. The van der Waals surface area contributed by atoms with Crippen molar-refractivity contribution in [2.45, 2.75) is 46.1 Å². The van der Waals surface area contributed by atoms with E-state index < -0.39 is 11.5 Å². The van der Waals surface area contributed by atoms with Gasteiger partial charge in [0.25, 0.3) is 5.91 Å². The van der Waals surface area contributed by atoms with Crippen molar-refractivity contribution in [3.05, 3.63) is 22.6 Å². The number of likely N-dealkylation sites (tertiary alicyclic amines) is 1. The molecule has 1 aromatic heterocycles. The molecular formula is C14H19NO4. The average molecular weight is 265 g/mol. The minimum absolute atomic E-state index is 0.241. The van der Waals surface area contributed by atoms with Crippen LogP contribution in [0.2, 0.25) is 0 Å². The zero-order chi connectivity index (χ0) is 14.4. The SMILES string of the molecule is Cc1oc(C)c(C(=O)N2CCCC2(C)C(=O)O)c1C. The smallest absolute Gasteiger partial charge is 0.329 e. The maximum atomic E-state index is 12.6. The van der Waals surface area contributed by atoms with Crippen molar-refractivity contribution in [1.82, 2.24) is 4.90 Å². The van der Waals surface area contributed by atoms with Crippen LogP contribution in [0.25, 0.3) is 0 Å². The van der Waals surface area contributed by atoms with Gasteiger partial charge in [0, 0.05) is 12.1 Å². The fourth-order valence-electron chi connectivity index (χ4n) is 2.75. The average Bonchev–Trinajstić information content (AvgIpc) is 2.82. The van der Waals surface area contributed by atoms with Crippen molar-refractivity contribution in [3.63, 3.8) is 0 Å². The van der Waals surface area contributed by atoms with Crippen LogP contribution in [0, 0.1) is 20.8 Å². The van der Waals surface area contributed by atoms with Gasteiger partial charge in [0.05, 0.1) is 5.56 Å². The fourth-order valence-corrected chi connectivity index (χ4v) is 2.75. The molecule has 1 aliphatic rings. The summed E-state index contributed by atoms with van der Waals surface area (Å²) >= 11 is 0. The standard InChI is InChI=1S/C14H19NO4/c1-8-9(2)19-10(3)11(8)12(16)15-7-5-6-14(15,4)13(17)18/h5-7H2,1-4H3,(H,17,18). The van der Waals surface area contributed by atoms with Gasteiger partial charge in [-0.25, -0.2) is 4.79 Å². The van der Waals surface area contributed by atoms with Crippen LogP contribution in [0.5, 0.6) is 0 Å². The van der Waals surface area contributed by atoms with E-state index in [-0.39, 0.29) is 5.91 Å². The summed E-state index contributed by atoms with van der Waals surface area (Å²) in [7, 11) is 0. The molecule has 0 saturated carbocycles. The van der Waals surface area contributed by atoms with Crippen molar-refractivity contribution >= 4 is 11.9 Å². The molecule has 1 aromatic rings. The van der Waals surface area contributed by atoms with E-state index in [4.69, 9.17) is 4.42 Å². The van der Waals surface area contributed by atoms with Crippen molar-refractivity contribution in [1.29, 1.82) is 0 Å². The van der Waals surface area contributed by atoms with Gasteiger partial charge in [0.1, 0.15) is 17.1 Å². The summed E-state index contributed by atoms with van der Waals surface area (Å²) in [5.41, 5.74) is 0.190. The van der Waals surface area contributed by atoms with Crippen molar-refractivity contribution in [2.75, 3.05) is 6.54 Å². The largest absolute Gasteiger partial charge is 0.480 e. The van der Waals surface area contributed by atoms with Crippen LogP contribution in [-0.2, 0) is 4.79 Å². The number of carboxylic acid groups (broad SMARTS) is 1. The van der Waals surface area contributed by atoms with Gasteiger partial charge in [0.2, 0.25) is 0 Å². The molecule has 0 radical (unpaired) electrons. The second-order valence-corrected chi connectivity index (χ2v) is 5.35. The Balaban J connectivity index is 2.42.